The van der Waals surface area contributed by atoms with Gasteiger partial charge in [0.1, 0.15) is 28.6 Å². The zero-order valence-electron chi connectivity index (χ0n) is 38.5. The lowest BCUT2D eigenvalue weighted by Crippen LogP contribution is -2.47. The number of Topliss-reactive ketones (excluding diaryl/α,β-unsaturated/α-hetero) is 1. The number of carbonyl (C=O) groups is 1. The summed E-state index contributed by atoms with van der Waals surface area (Å²) in [5.74, 6) is -0.643. The molecular weight excluding hydrogens is 919 g/mol. The van der Waals surface area contributed by atoms with E-state index in [1.807, 2.05) is 6.07 Å². The number of pyridine rings is 1. The first-order chi connectivity index (χ1) is 32.3. The van der Waals surface area contributed by atoms with Crippen molar-refractivity contribution in [2.24, 2.45) is 11.3 Å². The molecule has 2 aliphatic heterocycles. The third-order valence-corrected chi connectivity index (χ3v) is 15.5. The van der Waals surface area contributed by atoms with E-state index in [0.29, 0.717) is 68.6 Å². The number of carbonyl (C=O) groups excluding carboxylic acids is 1. The van der Waals surface area contributed by atoms with E-state index in [-0.39, 0.29) is 38.0 Å². The summed E-state index contributed by atoms with van der Waals surface area (Å²) >= 11 is 6.55. The maximum absolute atomic E-state index is 14.1. The molecule has 362 valence electrons. The molecule has 0 bridgehead atoms. The van der Waals surface area contributed by atoms with Crippen molar-refractivity contribution in [3.63, 3.8) is 0 Å². The number of piperidine rings is 1. The number of nitro benzene ring substituents is 1. The summed E-state index contributed by atoms with van der Waals surface area (Å²) in [6.45, 7) is 10.1. The molecule has 3 aliphatic rings. The third kappa shape index (κ3) is 11.7. The molecule has 3 aromatic carbocycles. The molecule has 5 aromatic rings. The highest BCUT2D eigenvalue weighted by atomic mass is 35.5. The van der Waals surface area contributed by atoms with Gasteiger partial charge in [0, 0.05) is 73.7 Å². The van der Waals surface area contributed by atoms with E-state index in [4.69, 9.17) is 16.3 Å². The second-order valence-corrected chi connectivity index (χ2v) is 21.6. The second kappa shape index (κ2) is 20.2. The summed E-state index contributed by atoms with van der Waals surface area (Å²) < 4.78 is 74.6. The molecule has 2 fully saturated rings. The van der Waals surface area contributed by atoms with Crippen LogP contribution >= 0.6 is 11.6 Å². The van der Waals surface area contributed by atoms with Gasteiger partial charge in [-0.3, -0.25) is 19.8 Å². The van der Waals surface area contributed by atoms with E-state index >= 15 is 0 Å². The van der Waals surface area contributed by atoms with Crippen molar-refractivity contribution < 1.29 is 36.0 Å². The fourth-order valence-electron chi connectivity index (χ4n) is 9.59. The van der Waals surface area contributed by atoms with Gasteiger partial charge in [0.25, 0.3) is 5.69 Å². The lowest BCUT2D eigenvalue weighted by Gasteiger charge is -2.39. The van der Waals surface area contributed by atoms with Gasteiger partial charge in [-0.15, -0.1) is 0 Å². The van der Waals surface area contributed by atoms with Crippen LogP contribution in [0.15, 0.2) is 89.6 Å². The molecule has 0 unspecified atom stereocenters. The normalized spacial score (nSPS) is 17.7. The van der Waals surface area contributed by atoms with E-state index in [1.54, 1.807) is 30.5 Å². The van der Waals surface area contributed by atoms with Crippen LogP contribution in [-0.4, -0.2) is 104 Å². The predicted molar refractivity (Wildman–Crippen MR) is 260 cm³/mol. The number of ketones is 1. The molecule has 2 aromatic heterocycles. The molecule has 0 amide bonds. The van der Waals surface area contributed by atoms with Crippen molar-refractivity contribution in [2.45, 2.75) is 69.9 Å². The average molecular weight is 977 g/mol. The summed E-state index contributed by atoms with van der Waals surface area (Å²) in [7, 11) is -2.24. The number of anilines is 2. The van der Waals surface area contributed by atoms with Crippen molar-refractivity contribution in [2.75, 3.05) is 75.4 Å². The molecule has 1 aliphatic carbocycles. The molecule has 0 spiro atoms. The molecule has 8 rings (SSSR count). The smallest absolute Gasteiger partial charge is 0.416 e. The van der Waals surface area contributed by atoms with Gasteiger partial charge in [0.2, 0.25) is 0 Å². The SMILES string of the molecule is CN1CCC(CCCNc2ccc(S(=O)(=O)CC(=O)c3ccc(N4CCN(CC5=C(c6ccc(C(F)(F)F)cc6Cl)CC(C)(C)CC5)CC4)cc3Oc3cnc4[nH]ccc4c3)cc2[N+](=O)[O-])CC1. The number of nitrogens with zero attached hydrogens (tertiary/aromatic N) is 5. The van der Waals surface area contributed by atoms with E-state index < -0.39 is 38.0 Å². The van der Waals surface area contributed by atoms with Crippen LogP contribution in [0.3, 0.4) is 0 Å². The molecule has 0 atom stereocenters. The quantitative estimate of drug-likeness (QED) is 0.0420. The van der Waals surface area contributed by atoms with E-state index in [9.17, 15) is 36.5 Å². The number of halogens is 4. The van der Waals surface area contributed by atoms with Crippen LogP contribution in [0.1, 0.15) is 80.3 Å². The van der Waals surface area contributed by atoms with Gasteiger partial charge in [-0.1, -0.05) is 37.1 Å². The minimum atomic E-state index is -4.49. The Morgan fingerprint density at radius 1 is 1.01 bits per heavy atom. The first kappa shape index (κ1) is 48.9. The number of hydrogen-bond acceptors (Lipinski definition) is 11. The molecule has 2 N–H and O–H groups in total. The number of aromatic nitrogens is 2. The third-order valence-electron chi connectivity index (χ3n) is 13.6. The summed E-state index contributed by atoms with van der Waals surface area (Å²) in [4.78, 5) is 39.5. The number of sulfone groups is 1. The van der Waals surface area contributed by atoms with E-state index in [1.165, 1.54) is 24.4 Å². The van der Waals surface area contributed by atoms with Gasteiger partial charge in [-0.2, -0.15) is 13.2 Å². The van der Waals surface area contributed by atoms with Gasteiger partial charge in [-0.05, 0) is 136 Å². The Bertz CT molecular complexity index is 2820. The highest BCUT2D eigenvalue weighted by Gasteiger charge is 2.34. The van der Waals surface area contributed by atoms with Crippen molar-refractivity contribution in [1.82, 2.24) is 19.8 Å². The zero-order valence-corrected chi connectivity index (χ0v) is 40.1. The monoisotopic (exact) mass is 975 g/mol. The highest BCUT2D eigenvalue weighted by molar-refractivity contribution is 7.92. The number of alkyl halides is 3. The number of allylic oxidation sites excluding steroid dienone is 1. The lowest BCUT2D eigenvalue weighted by atomic mass is 9.72. The maximum Gasteiger partial charge on any atom is 0.416 e. The Morgan fingerprint density at radius 3 is 2.50 bits per heavy atom. The number of aromatic amines is 1. The molecule has 4 heterocycles. The van der Waals surface area contributed by atoms with Crippen LogP contribution in [0, 0.1) is 21.4 Å². The molecule has 68 heavy (non-hydrogen) atoms. The number of benzene rings is 3. The van der Waals surface area contributed by atoms with E-state index in [0.717, 1.165) is 92.0 Å². The summed E-state index contributed by atoms with van der Waals surface area (Å²) in [6.07, 6.45) is 5.24. The maximum atomic E-state index is 14.1. The summed E-state index contributed by atoms with van der Waals surface area (Å²) in [6, 6.07) is 15.9. The Kier molecular flexibility index (Phi) is 14.6. The summed E-state index contributed by atoms with van der Waals surface area (Å²) in [5, 5.41) is 16.1. The zero-order chi connectivity index (χ0) is 48.4. The van der Waals surface area contributed by atoms with Gasteiger partial charge in [0.05, 0.1) is 27.1 Å². The molecular formula is C50H57ClF3N7O6S. The highest BCUT2D eigenvalue weighted by Crippen LogP contribution is 2.46. The molecule has 2 saturated heterocycles. The molecule has 13 nitrogen and oxygen atoms in total. The Hall–Kier alpha value is -5.49. The van der Waals surface area contributed by atoms with Crippen molar-refractivity contribution in [1.29, 1.82) is 0 Å². The van der Waals surface area contributed by atoms with Crippen LogP contribution in [0.5, 0.6) is 11.5 Å². The number of nitrogens with one attached hydrogen (secondary N) is 2. The van der Waals surface area contributed by atoms with Crippen LogP contribution in [-0.2, 0) is 16.0 Å². The largest absolute Gasteiger partial charge is 0.455 e. The minimum Gasteiger partial charge on any atom is -0.455 e. The fraction of sp³-hybridized carbons (Fsp3) is 0.440. The van der Waals surface area contributed by atoms with Crippen molar-refractivity contribution in [3.05, 3.63) is 117 Å². The van der Waals surface area contributed by atoms with Gasteiger partial charge >= 0.3 is 6.18 Å². The van der Waals surface area contributed by atoms with Gasteiger partial charge in [-0.25, -0.2) is 13.4 Å². The molecule has 0 radical (unpaired) electrons. The molecule has 0 saturated carbocycles. The number of piperazine rings is 1. The second-order valence-electron chi connectivity index (χ2n) is 19.2. The predicted octanol–water partition coefficient (Wildman–Crippen LogP) is 10.9. The van der Waals surface area contributed by atoms with Crippen molar-refractivity contribution >= 4 is 60.9 Å². The fourth-order valence-corrected chi connectivity index (χ4v) is 11.1. The first-order valence-corrected chi connectivity index (χ1v) is 25.1. The number of nitro groups is 1. The first-order valence-electron chi connectivity index (χ1n) is 23.1. The topological polar surface area (TPSA) is 154 Å². The molecule has 18 heteroatoms. The van der Waals surface area contributed by atoms with E-state index in [2.05, 4.69) is 50.9 Å². The van der Waals surface area contributed by atoms with Gasteiger partial charge < -0.3 is 24.8 Å². The summed E-state index contributed by atoms with van der Waals surface area (Å²) in [5.41, 5.74) is 3.20. The Labute approximate surface area is 399 Å². The number of hydrogen-bond donors (Lipinski definition) is 2. The number of likely N-dealkylation sites (tertiary alicyclic amines) is 1. The number of rotatable bonds is 16. The van der Waals surface area contributed by atoms with Crippen molar-refractivity contribution in [3.8, 4) is 11.5 Å². The number of H-pyrrole nitrogens is 1. The average Bonchev–Trinajstić information content (AvgIpc) is 3.77. The van der Waals surface area contributed by atoms with Gasteiger partial charge in [0.15, 0.2) is 15.6 Å². The lowest BCUT2D eigenvalue weighted by molar-refractivity contribution is -0.384. The number of fused-ring (bicyclic) bond motifs is 1. The van der Waals surface area contributed by atoms with Crippen LogP contribution < -0.4 is 15.0 Å². The van der Waals surface area contributed by atoms with Crippen LogP contribution in [0.2, 0.25) is 5.02 Å². The van der Waals surface area contributed by atoms with Crippen LogP contribution in [0.25, 0.3) is 16.6 Å². The number of ether oxygens (including phenoxy) is 1. The van der Waals surface area contributed by atoms with Crippen LogP contribution in [0.4, 0.5) is 30.2 Å². The standard InChI is InChI=1S/C50H57ClF3N7O6S/c1-49(2)16-12-35(42(29-49)40-9-6-36(26-43(40)51)50(52,53)54)31-59-21-23-60(24-22-59)37-7-10-41(47(27-37)67-38-25-34-13-18-56-48(34)57-30-38)46(62)32-68(65,66)39-8-11-44(45(28-39)61(63)64)55-17-4-5-33-14-19-58(3)20-15-33/h6-11,13,18,25-28,30,33,55H,4-5,12,14-17,19-24,29,31-32H2,1-3H3,(H,56,57). The minimum absolute atomic E-state index is 0.0177. The Balaban J connectivity index is 0.979. The Morgan fingerprint density at radius 2 is 1.78 bits per heavy atom.